The van der Waals surface area contributed by atoms with Crippen LogP contribution in [0.1, 0.15) is 51.4 Å². The average molecular weight is 395 g/mol. The highest BCUT2D eigenvalue weighted by Gasteiger charge is 1.95. The van der Waals surface area contributed by atoms with E-state index >= 15 is 0 Å². The largest absolute Gasteiger partial charge is 0.394 e. The van der Waals surface area contributed by atoms with E-state index in [1.807, 2.05) is 0 Å². The van der Waals surface area contributed by atoms with E-state index in [1.54, 1.807) is 0 Å². The molecular formula is C20H42O7. The normalized spacial score (nSPS) is 11.3. The van der Waals surface area contributed by atoms with Crippen molar-refractivity contribution in [2.24, 2.45) is 0 Å². The zero-order valence-corrected chi connectivity index (χ0v) is 17.1. The number of hydrogen-bond donors (Lipinski definition) is 2. The minimum Gasteiger partial charge on any atom is -0.394 e. The van der Waals surface area contributed by atoms with Gasteiger partial charge in [-0.25, -0.2) is 0 Å². The maximum Gasteiger partial charge on any atom is 0.0701 e. The van der Waals surface area contributed by atoms with Gasteiger partial charge in [-0.3, -0.25) is 0 Å². The molecule has 0 aliphatic heterocycles. The summed E-state index contributed by atoms with van der Waals surface area (Å²) < 4.78 is 26.8. The quantitative estimate of drug-likeness (QED) is 0.243. The zero-order valence-electron chi connectivity index (χ0n) is 17.1. The van der Waals surface area contributed by atoms with Crippen LogP contribution >= 0.6 is 0 Å². The molecule has 2 N–H and O–H groups in total. The van der Waals surface area contributed by atoms with Crippen molar-refractivity contribution in [3.63, 3.8) is 0 Å². The molecule has 0 amide bonds. The fourth-order valence-corrected chi connectivity index (χ4v) is 2.40. The molecule has 0 atom stereocenters. The smallest absolute Gasteiger partial charge is 0.0701 e. The van der Waals surface area contributed by atoms with Crippen molar-refractivity contribution in [3.8, 4) is 0 Å². The fourth-order valence-electron chi connectivity index (χ4n) is 2.40. The first-order valence-corrected chi connectivity index (χ1v) is 10.5. The first kappa shape index (κ1) is 26.7. The predicted octanol–water partition coefficient (Wildman–Crippen LogP) is 2.17. The van der Waals surface area contributed by atoms with E-state index in [4.69, 9.17) is 33.9 Å². The van der Waals surface area contributed by atoms with Crippen molar-refractivity contribution in [1.29, 1.82) is 0 Å². The van der Waals surface area contributed by atoms with E-state index in [2.05, 4.69) is 0 Å². The van der Waals surface area contributed by atoms with Crippen LogP contribution in [0, 0.1) is 0 Å². The molecule has 7 heteroatoms. The third-order valence-corrected chi connectivity index (χ3v) is 3.87. The molecule has 0 unspecified atom stereocenters. The highest BCUT2D eigenvalue weighted by molar-refractivity contribution is 4.45. The molecule has 0 spiro atoms. The van der Waals surface area contributed by atoms with Gasteiger partial charge in [0.25, 0.3) is 0 Å². The summed E-state index contributed by atoms with van der Waals surface area (Å²) in [6, 6.07) is 0. The summed E-state index contributed by atoms with van der Waals surface area (Å²) in [4.78, 5) is 0. The lowest BCUT2D eigenvalue weighted by atomic mass is 10.2. The van der Waals surface area contributed by atoms with Crippen LogP contribution in [0.25, 0.3) is 0 Å². The standard InChI is InChI=1S/C20H42O7/c21-9-15-26-19-17-24-13-7-3-1-5-11-23-12-6-2-4-8-14-25-18-20-27-16-10-22/h21-22H,1-20H2. The lowest BCUT2D eigenvalue weighted by Gasteiger charge is -2.06. The van der Waals surface area contributed by atoms with Gasteiger partial charge in [-0.2, -0.15) is 0 Å². The molecule has 0 aromatic carbocycles. The second-order valence-corrected chi connectivity index (χ2v) is 6.34. The Labute approximate surface area is 165 Å². The van der Waals surface area contributed by atoms with Crippen LogP contribution in [0.15, 0.2) is 0 Å². The molecule has 164 valence electrons. The topological polar surface area (TPSA) is 86.6 Å². The second kappa shape index (κ2) is 25.7. The molecule has 27 heavy (non-hydrogen) atoms. The van der Waals surface area contributed by atoms with Gasteiger partial charge in [0, 0.05) is 26.4 Å². The maximum absolute atomic E-state index is 8.55. The van der Waals surface area contributed by atoms with E-state index in [1.165, 1.54) is 25.7 Å². The Morgan fingerprint density at radius 3 is 0.852 bits per heavy atom. The van der Waals surface area contributed by atoms with E-state index in [0.29, 0.717) is 39.6 Å². The molecule has 7 nitrogen and oxygen atoms in total. The van der Waals surface area contributed by atoms with Crippen LogP contribution in [0.5, 0.6) is 0 Å². The van der Waals surface area contributed by atoms with Crippen LogP contribution in [-0.4, -0.2) is 89.5 Å². The van der Waals surface area contributed by atoms with Crippen LogP contribution in [0.2, 0.25) is 0 Å². The third-order valence-electron chi connectivity index (χ3n) is 3.87. The van der Waals surface area contributed by atoms with Crippen molar-refractivity contribution >= 4 is 0 Å². The molecule has 0 aliphatic carbocycles. The molecule has 0 aromatic heterocycles. The minimum absolute atomic E-state index is 0.0700. The maximum atomic E-state index is 8.55. The molecule has 0 rings (SSSR count). The van der Waals surface area contributed by atoms with E-state index in [0.717, 1.165) is 52.1 Å². The van der Waals surface area contributed by atoms with Crippen molar-refractivity contribution in [2.45, 2.75) is 51.4 Å². The third kappa shape index (κ3) is 25.7. The fraction of sp³-hybridized carbons (Fsp3) is 1.00. The summed E-state index contributed by atoms with van der Waals surface area (Å²) in [7, 11) is 0. The Kier molecular flexibility index (Phi) is 25.5. The van der Waals surface area contributed by atoms with E-state index < -0.39 is 0 Å². The van der Waals surface area contributed by atoms with Gasteiger partial charge in [-0.05, 0) is 25.7 Å². The van der Waals surface area contributed by atoms with Crippen LogP contribution < -0.4 is 0 Å². The number of aliphatic hydroxyl groups is 2. The Balaban J connectivity index is 2.95. The number of unbranched alkanes of at least 4 members (excludes halogenated alkanes) is 6. The van der Waals surface area contributed by atoms with Crippen molar-refractivity contribution in [1.82, 2.24) is 0 Å². The number of ether oxygens (including phenoxy) is 5. The average Bonchev–Trinajstić information content (AvgIpc) is 2.68. The van der Waals surface area contributed by atoms with Gasteiger partial charge in [-0.15, -0.1) is 0 Å². The lowest BCUT2D eigenvalue weighted by molar-refractivity contribution is 0.0317. The molecule has 0 aliphatic rings. The van der Waals surface area contributed by atoms with Crippen LogP contribution in [0.4, 0.5) is 0 Å². The van der Waals surface area contributed by atoms with E-state index in [9.17, 15) is 0 Å². The van der Waals surface area contributed by atoms with Gasteiger partial charge in [0.1, 0.15) is 0 Å². The number of hydrogen-bond acceptors (Lipinski definition) is 7. The minimum atomic E-state index is 0.0700. The summed E-state index contributed by atoms with van der Waals surface area (Å²) in [5, 5.41) is 17.1. The Bertz CT molecular complexity index is 230. The van der Waals surface area contributed by atoms with Gasteiger partial charge in [-0.1, -0.05) is 25.7 Å². The highest BCUT2D eigenvalue weighted by atomic mass is 16.5. The summed E-state index contributed by atoms with van der Waals surface area (Å²) in [5.74, 6) is 0. The molecule has 0 bridgehead atoms. The molecule has 0 aromatic rings. The first-order chi connectivity index (χ1) is 13.4. The van der Waals surface area contributed by atoms with Crippen LogP contribution in [0.3, 0.4) is 0 Å². The molecule has 0 heterocycles. The van der Waals surface area contributed by atoms with Crippen LogP contribution in [-0.2, 0) is 23.7 Å². The SMILES string of the molecule is OCCOCCOCCCCCCOCCCCCCOCCOCCO. The summed E-state index contributed by atoms with van der Waals surface area (Å²) in [6.45, 7) is 6.51. The summed E-state index contributed by atoms with van der Waals surface area (Å²) in [5.41, 5.74) is 0. The summed E-state index contributed by atoms with van der Waals surface area (Å²) in [6.07, 6.45) is 9.11. The first-order valence-electron chi connectivity index (χ1n) is 10.5. The molecular weight excluding hydrogens is 352 g/mol. The van der Waals surface area contributed by atoms with Crippen molar-refractivity contribution in [3.05, 3.63) is 0 Å². The number of rotatable bonds is 24. The van der Waals surface area contributed by atoms with Gasteiger partial charge >= 0.3 is 0 Å². The van der Waals surface area contributed by atoms with Gasteiger partial charge in [0.15, 0.2) is 0 Å². The molecule has 0 fully saturated rings. The van der Waals surface area contributed by atoms with Gasteiger partial charge in [0.2, 0.25) is 0 Å². The zero-order chi connectivity index (χ0) is 19.7. The van der Waals surface area contributed by atoms with Crippen molar-refractivity contribution < 1.29 is 33.9 Å². The van der Waals surface area contributed by atoms with Crippen molar-refractivity contribution in [2.75, 3.05) is 79.3 Å². The monoisotopic (exact) mass is 394 g/mol. The molecule has 0 radical (unpaired) electrons. The summed E-state index contributed by atoms with van der Waals surface area (Å²) >= 11 is 0. The van der Waals surface area contributed by atoms with Gasteiger partial charge < -0.3 is 33.9 Å². The lowest BCUT2D eigenvalue weighted by Crippen LogP contribution is -2.08. The van der Waals surface area contributed by atoms with E-state index in [-0.39, 0.29) is 13.2 Å². The Morgan fingerprint density at radius 1 is 0.296 bits per heavy atom. The van der Waals surface area contributed by atoms with Gasteiger partial charge in [0.05, 0.1) is 52.9 Å². The predicted molar refractivity (Wildman–Crippen MR) is 105 cm³/mol. The number of aliphatic hydroxyl groups excluding tert-OH is 2. The Hall–Kier alpha value is -0.280. The Morgan fingerprint density at radius 2 is 0.556 bits per heavy atom. The molecule has 0 saturated heterocycles. The second-order valence-electron chi connectivity index (χ2n) is 6.34. The highest BCUT2D eigenvalue weighted by Crippen LogP contribution is 2.03. The molecule has 0 saturated carbocycles.